The number of amides is 2. The number of nitrogens with one attached hydrogen (secondary N) is 1. The second-order valence-corrected chi connectivity index (χ2v) is 5.85. The van der Waals surface area contributed by atoms with Gasteiger partial charge in [-0.1, -0.05) is 0 Å². The lowest BCUT2D eigenvalue weighted by Gasteiger charge is -2.35. The average Bonchev–Trinajstić information content (AvgIpc) is 2.53. The van der Waals surface area contributed by atoms with Gasteiger partial charge in [-0.25, -0.2) is 4.79 Å². The molecule has 2 saturated heterocycles. The van der Waals surface area contributed by atoms with E-state index in [0.29, 0.717) is 19.5 Å². The topological polar surface area (TPSA) is 58.6 Å². The van der Waals surface area contributed by atoms with Crippen LogP contribution in [0.1, 0.15) is 33.6 Å². The Morgan fingerprint density at radius 3 is 2.82 bits per heavy atom. The normalized spacial score (nSPS) is 28.6. The summed E-state index contributed by atoms with van der Waals surface area (Å²) < 4.78 is 5.33. The third-order valence-electron chi connectivity index (χ3n) is 3.18. The zero-order valence-corrected chi connectivity index (χ0v) is 10.7. The van der Waals surface area contributed by atoms with Gasteiger partial charge in [0.15, 0.2) is 0 Å². The summed E-state index contributed by atoms with van der Waals surface area (Å²) >= 11 is 0. The van der Waals surface area contributed by atoms with Crippen molar-refractivity contribution in [1.82, 2.24) is 10.2 Å². The largest absolute Gasteiger partial charge is 0.444 e. The molecule has 0 saturated carbocycles. The zero-order valence-electron chi connectivity index (χ0n) is 10.7. The zero-order chi connectivity index (χ0) is 12.6. The minimum absolute atomic E-state index is 0.103. The van der Waals surface area contributed by atoms with Crippen molar-refractivity contribution < 1.29 is 14.3 Å². The summed E-state index contributed by atoms with van der Waals surface area (Å²) in [6.07, 6.45) is 1.09. The summed E-state index contributed by atoms with van der Waals surface area (Å²) in [7, 11) is 0. The van der Waals surface area contributed by atoms with Gasteiger partial charge in [-0.15, -0.1) is 0 Å². The Labute approximate surface area is 101 Å². The SMILES string of the molecule is CC(C)(C)OC(=O)N1CCC2NC(=O)CC2C1. The number of hydrogen-bond acceptors (Lipinski definition) is 3. The van der Waals surface area contributed by atoms with Gasteiger partial charge in [-0.3, -0.25) is 4.79 Å². The van der Waals surface area contributed by atoms with Gasteiger partial charge in [0.05, 0.1) is 0 Å². The van der Waals surface area contributed by atoms with Crippen LogP contribution in [0.4, 0.5) is 4.79 Å². The molecule has 0 aromatic rings. The first kappa shape index (κ1) is 12.2. The Morgan fingerprint density at radius 2 is 2.18 bits per heavy atom. The van der Waals surface area contributed by atoms with Crippen molar-refractivity contribution in [3.8, 4) is 0 Å². The summed E-state index contributed by atoms with van der Waals surface area (Å²) in [5.41, 5.74) is -0.461. The molecule has 2 unspecified atom stereocenters. The molecule has 17 heavy (non-hydrogen) atoms. The van der Waals surface area contributed by atoms with Crippen LogP contribution in [0.2, 0.25) is 0 Å². The Kier molecular flexibility index (Phi) is 3.02. The molecule has 0 spiro atoms. The molecular formula is C12H20N2O3. The number of carbonyl (C=O) groups is 2. The van der Waals surface area contributed by atoms with Crippen molar-refractivity contribution in [3.63, 3.8) is 0 Å². The molecule has 5 heteroatoms. The van der Waals surface area contributed by atoms with E-state index >= 15 is 0 Å². The molecular weight excluding hydrogens is 220 g/mol. The number of hydrogen-bond donors (Lipinski definition) is 1. The van der Waals surface area contributed by atoms with Crippen molar-refractivity contribution >= 4 is 12.0 Å². The third kappa shape index (κ3) is 2.90. The summed E-state index contributed by atoms with van der Waals surface area (Å²) in [6.45, 7) is 6.86. The van der Waals surface area contributed by atoms with Gasteiger partial charge >= 0.3 is 6.09 Å². The van der Waals surface area contributed by atoms with E-state index in [1.807, 2.05) is 20.8 Å². The number of fused-ring (bicyclic) bond motifs is 1. The highest BCUT2D eigenvalue weighted by molar-refractivity contribution is 5.79. The van der Waals surface area contributed by atoms with E-state index in [1.54, 1.807) is 4.90 Å². The highest BCUT2D eigenvalue weighted by atomic mass is 16.6. The molecule has 0 radical (unpaired) electrons. The monoisotopic (exact) mass is 240 g/mol. The molecule has 5 nitrogen and oxygen atoms in total. The van der Waals surface area contributed by atoms with Gasteiger partial charge in [0.2, 0.25) is 5.91 Å². The fraction of sp³-hybridized carbons (Fsp3) is 0.833. The van der Waals surface area contributed by atoms with E-state index in [1.165, 1.54) is 0 Å². The van der Waals surface area contributed by atoms with E-state index < -0.39 is 5.60 Å². The number of ether oxygens (including phenoxy) is 1. The van der Waals surface area contributed by atoms with Crippen molar-refractivity contribution in [2.24, 2.45) is 5.92 Å². The van der Waals surface area contributed by atoms with Crippen LogP contribution >= 0.6 is 0 Å². The molecule has 0 bridgehead atoms. The molecule has 2 aliphatic heterocycles. The Bertz CT molecular complexity index is 335. The summed E-state index contributed by atoms with van der Waals surface area (Å²) in [4.78, 5) is 24.9. The van der Waals surface area contributed by atoms with Crippen LogP contribution in [0, 0.1) is 5.92 Å². The van der Waals surface area contributed by atoms with E-state index in [2.05, 4.69) is 5.32 Å². The number of rotatable bonds is 0. The molecule has 0 aromatic heterocycles. The van der Waals surface area contributed by atoms with Crippen LogP contribution in [0.3, 0.4) is 0 Å². The molecule has 2 aliphatic rings. The molecule has 0 aliphatic carbocycles. The lowest BCUT2D eigenvalue weighted by molar-refractivity contribution is -0.119. The van der Waals surface area contributed by atoms with E-state index in [4.69, 9.17) is 4.74 Å². The maximum Gasteiger partial charge on any atom is 0.410 e. The quantitative estimate of drug-likeness (QED) is 0.690. The summed E-state index contributed by atoms with van der Waals surface area (Å²) in [5.74, 6) is 0.356. The molecule has 2 atom stereocenters. The lowest BCUT2D eigenvalue weighted by atomic mass is 9.93. The second-order valence-electron chi connectivity index (χ2n) is 5.85. The van der Waals surface area contributed by atoms with Crippen LogP contribution in [0.5, 0.6) is 0 Å². The maximum atomic E-state index is 11.9. The summed E-state index contributed by atoms with van der Waals surface area (Å²) in [5, 5.41) is 2.95. The minimum Gasteiger partial charge on any atom is -0.444 e. The predicted octanol–water partition coefficient (Wildman–Crippen LogP) is 1.13. The van der Waals surface area contributed by atoms with Crippen molar-refractivity contribution in [2.45, 2.75) is 45.3 Å². The second kappa shape index (κ2) is 4.20. The Hall–Kier alpha value is -1.26. The molecule has 2 rings (SSSR count). The van der Waals surface area contributed by atoms with E-state index in [-0.39, 0.29) is 24.0 Å². The molecule has 96 valence electrons. The fourth-order valence-corrected chi connectivity index (χ4v) is 2.43. The highest BCUT2D eigenvalue weighted by Crippen LogP contribution is 2.26. The highest BCUT2D eigenvalue weighted by Gasteiger charge is 2.39. The first-order valence-corrected chi connectivity index (χ1v) is 6.12. The van der Waals surface area contributed by atoms with E-state index in [0.717, 1.165) is 6.42 Å². The molecule has 1 N–H and O–H groups in total. The number of likely N-dealkylation sites (tertiary alicyclic amines) is 1. The Balaban J connectivity index is 1.92. The first-order valence-electron chi connectivity index (χ1n) is 6.12. The van der Waals surface area contributed by atoms with Crippen LogP contribution in [-0.2, 0) is 9.53 Å². The van der Waals surface area contributed by atoms with Crippen molar-refractivity contribution in [3.05, 3.63) is 0 Å². The Morgan fingerprint density at radius 1 is 1.47 bits per heavy atom. The molecule has 2 heterocycles. The molecule has 2 fully saturated rings. The number of nitrogens with zero attached hydrogens (tertiary/aromatic N) is 1. The van der Waals surface area contributed by atoms with Gasteiger partial charge < -0.3 is 15.0 Å². The summed E-state index contributed by atoms with van der Waals surface area (Å²) in [6, 6.07) is 0.251. The van der Waals surface area contributed by atoms with Gasteiger partial charge in [-0.05, 0) is 27.2 Å². The third-order valence-corrected chi connectivity index (χ3v) is 3.18. The maximum absolute atomic E-state index is 11.9. The number of piperidine rings is 1. The van der Waals surface area contributed by atoms with Crippen LogP contribution in [-0.4, -0.2) is 41.6 Å². The standard InChI is InChI=1S/C12H20N2O3/c1-12(2,3)17-11(16)14-5-4-9-8(7-14)6-10(15)13-9/h8-9H,4-7H2,1-3H3,(H,13,15). The van der Waals surface area contributed by atoms with Crippen LogP contribution < -0.4 is 5.32 Å². The van der Waals surface area contributed by atoms with Gasteiger partial charge in [0.1, 0.15) is 5.60 Å². The molecule has 2 amide bonds. The van der Waals surface area contributed by atoms with Crippen molar-refractivity contribution in [1.29, 1.82) is 0 Å². The number of carbonyl (C=O) groups excluding carboxylic acids is 2. The first-order chi connectivity index (χ1) is 7.85. The predicted molar refractivity (Wildman–Crippen MR) is 62.5 cm³/mol. The minimum atomic E-state index is -0.461. The average molecular weight is 240 g/mol. The van der Waals surface area contributed by atoms with Gasteiger partial charge in [0.25, 0.3) is 0 Å². The van der Waals surface area contributed by atoms with Gasteiger partial charge in [0, 0.05) is 31.5 Å². The fourth-order valence-electron chi connectivity index (χ4n) is 2.43. The van der Waals surface area contributed by atoms with Crippen LogP contribution in [0.15, 0.2) is 0 Å². The van der Waals surface area contributed by atoms with Crippen LogP contribution in [0.25, 0.3) is 0 Å². The molecule has 0 aromatic carbocycles. The smallest absolute Gasteiger partial charge is 0.410 e. The van der Waals surface area contributed by atoms with Gasteiger partial charge in [-0.2, -0.15) is 0 Å². The van der Waals surface area contributed by atoms with E-state index in [9.17, 15) is 9.59 Å². The van der Waals surface area contributed by atoms with Crippen molar-refractivity contribution in [2.75, 3.05) is 13.1 Å². The lowest BCUT2D eigenvalue weighted by Crippen LogP contribution is -2.48.